The van der Waals surface area contributed by atoms with Crippen LogP contribution < -0.4 is 16.0 Å². The highest BCUT2D eigenvalue weighted by atomic mass is 16.1. The number of carbonyl (C=O) groups excluding carboxylic acids is 1. The van der Waals surface area contributed by atoms with E-state index in [9.17, 15) is 4.79 Å². The number of nitrogens with zero attached hydrogens (tertiary/aromatic N) is 4. The van der Waals surface area contributed by atoms with Gasteiger partial charge < -0.3 is 16.0 Å². The Bertz CT molecular complexity index is 1760. The lowest BCUT2D eigenvalue weighted by Crippen LogP contribution is -2.11. The molecule has 0 aliphatic carbocycles. The highest BCUT2D eigenvalue weighted by Gasteiger charge is 2.42. The van der Waals surface area contributed by atoms with Crippen molar-refractivity contribution in [1.82, 2.24) is 30.5 Å². The second kappa shape index (κ2) is 9.36. The van der Waals surface area contributed by atoms with Crippen molar-refractivity contribution in [3.8, 4) is 22.5 Å². The zero-order valence-electron chi connectivity index (χ0n) is 21.3. The Hall–Kier alpha value is -5.05. The van der Waals surface area contributed by atoms with Crippen LogP contribution in [0.25, 0.3) is 39.1 Å². The van der Waals surface area contributed by atoms with E-state index in [0.29, 0.717) is 12.1 Å². The minimum absolute atomic E-state index is 0.00824. The molecule has 9 nitrogen and oxygen atoms in total. The summed E-state index contributed by atoms with van der Waals surface area (Å²) in [6.07, 6.45) is 9.34. The number of hydrogen-bond donors (Lipinski definition) is 4. The monoisotopic (exact) mass is 514 g/mol. The largest absolute Gasteiger partial charge is 0.372 e. The van der Waals surface area contributed by atoms with Gasteiger partial charge in [0.05, 0.1) is 52.4 Å². The van der Waals surface area contributed by atoms with Gasteiger partial charge in [0.25, 0.3) is 0 Å². The lowest BCUT2D eigenvalue weighted by atomic mass is 9.95. The third-order valence-corrected chi connectivity index (χ3v) is 7.13. The number of aromatic nitrogens is 5. The fraction of sp³-hybridized carbons (Fsp3) is 0.167. The van der Waals surface area contributed by atoms with Crippen molar-refractivity contribution in [2.24, 2.45) is 0 Å². The maximum Gasteiger partial charge on any atom is 0.224 e. The number of fused-ring (bicyclic) bond motifs is 4. The highest BCUT2D eigenvalue weighted by molar-refractivity contribution is 5.99. The summed E-state index contributed by atoms with van der Waals surface area (Å²) in [6.45, 7) is 2.07. The maximum absolute atomic E-state index is 12.2. The van der Waals surface area contributed by atoms with Gasteiger partial charge in [-0.3, -0.25) is 24.8 Å². The van der Waals surface area contributed by atoms with Gasteiger partial charge in [-0.15, -0.1) is 0 Å². The Morgan fingerprint density at radius 2 is 1.97 bits per heavy atom. The molecule has 0 spiro atoms. The summed E-state index contributed by atoms with van der Waals surface area (Å²) in [4.78, 5) is 25.8. The van der Waals surface area contributed by atoms with E-state index >= 15 is 0 Å². The van der Waals surface area contributed by atoms with Crippen molar-refractivity contribution < 1.29 is 4.79 Å². The number of aromatic amines is 1. The zero-order valence-corrected chi connectivity index (χ0v) is 21.3. The molecular weight excluding hydrogens is 488 g/mol. The summed E-state index contributed by atoms with van der Waals surface area (Å²) in [5.41, 5.74) is 10.2. The smallest absolute Gasteiger partial charge is 0.224 e. The molecule has 1 amide bonds. The molecule has 0 saturated carbocycles. The Morgan fingerprint density at radius 1 is 1.03 bits per heavy atom. The Balaban J connectivity index is 1.22. The second-order valence-corrected chi connectivity index (χ2v) is 9.77. The number of carbonyl (C=O) groups is 1. The maximum atomic E-state index is 12.2. The van der Waals surface area contributed by atoms with Crippen LogP contribution in [-0.4, -0.2) is 31.1 Å². The number of rotatable bonds is 7. The Labute approximate surface area is 224 Å². The molecule has 9 heteroatoms. The van der Waals surface area contributed by atoms with Gasteiger partial charge in [-0.25, -0.2) is 0 Å². The molecule has 1 aromatic carbocycles. The molecule has 1 saturated heterocycles. The molecule has 5 aromatic rings. The van der Waals surface area contributed by atoms with Gasteiger partial charge in [-0.1, -0.05) is 31.5 Å². The third-order valence-electron chi connectivity index (χ3n) is 7.13. The zero-order chi connectivity index (χ0) is 26.3. The van der Waals surface area contributed by atoms with Crippen LogP contribution in [0.3, 0.4) is 0 Å². The quantitative estimate of drug-likeness (QED) is 0.207. The van der Waals surface area contributed by atoms with Gasteiger partial charge in [-0.2, -0.15) is 5.10 Å². The molecule has 1 atom stereocenters. The summed E-state index contributed by atoms with van der Waals surface area (Å²) in [5.74, 6) is -0.00824. The van der Waals surface area contributed by atoms with E-state index in [1.165, 1.54) is 5.56 Å². The molecule has 192 valence electrons. The van der Waals surface area contributed by atoms with Crippen LogP contribution in [0.5, 0.6) is 0 Å². The lowest BCUT2D eigenvalue weighted by Gasteiger charge is -2.19. The number of hydrogen-bond acceptors (Lipinski definition) is 7. The molecule has 6 heterocycles. The standard InChI is InChI=1S/C30H26N8O/c1-2-3-10-25(39)34-18-12-17(14-31-15-18)23-13-20-24(16-33-23)37-38-27(20)29-30-28(36-30)26-19(7-6-9-22(26)35-29)21-8-4-5-11-32-21/h4-9,11-16,28,35-36H,2-3,10H2,1H3,(H,34,39)(H,37,38). The predicted molar refractivity (Wildman–Crippen MR) is 151 cm³/mol. The minimum atomic E-state index is -0.00824. The molecule has 0 radical (unpaired) electrons. The molecular formula is C30H26N8O. The summed E-state index contributed by atoms with van der Waals surface area (Å²) >= 11 is 0. The number of H-pyrrole nitrogens is 1. The summed E-state index contributed by atoms with van der Waals surface area (Å²) < 4.78 is 0. The summed E-state index contributed by atoms with van der Waals surface area (Å²) in [7, 11) is 0. The molecule has 4 N–H and O–H groups in total. The average Bonchev–Trinajstić information content (AvgIpc) is 3.68. The van der Waals surface area contributed by atoms with Gasteiger partial charge in [0, 0.05) is 46.6 Å². The summed E-state index contributed by atoms with van der Waals surface area (Å²) in [5, 5.41) is 18.9. The lowest BCUT2D eigenvalue weighted by molar-refractivity contribution is -0.116. The van der Waals surface area contributed by atoms with E-state index in [1.807, 2.05) is 42.6 Å². The SMILES string of the molecule is CCCCC(=O)Nc1cncc(-c2cc3c(C4=C5NC5c5c(cccc5-c5ccccn5)N4)n[nH]c3cn2)c1. The van der Waals surface area contributed by atoms with Gasteiger partial charge >= 0.3 is 0 Å². The normalized spacial score (nSPS) is 15.3. The molecule has 39 heavy (non-hydrogen) atoms. The second-order valence-electron chi connectivity index (χ2n) is 9.77. The average molecular weight is 515 g/mol. The molecule has 0 bridgehead atoms. The van der Waals surface area contributed by atoms with Crippen LogP contribution >= 0.6 is 0 Å². The Kier molecular flexibility index (Phi) is 5.54. The van der Waals surface area contributed by atoms with Gasteiger partial charge in [0.15, 0.2) is 0 Å². The van der Waals surface area contributed by atoms with Crippen LogP contribution in [0.15, 0.2) is 79.0 Å². The van der Waals surface area contributed by atoms with Crippen molar-refractivity contribution in [3.05, 3.63) is 90.3 Å². The molecule has 7 rings (SSSR count). The number of unbranched alkanes of at least 4 members (excludes halogenated alkanes) is 1. The first-order valence-corrected chi connectivity index (χ1v) is 13.1. The third kappa shape index (κ3) is 4.17. The van der Waals surface area contributed by atoms with Crippen LogP contribution in [0.4, 0.5) is 11.4 Å². The van der Waals surface area contributed by atoms with Crippen molar-refractivity contribution >= 4 is 33.9 Å². The van der Waals surface area contributed by atoms with Crippen molar-refractivity contribution in [1.29, 1.82) is 0 Å². The van der Waals surface area contributed by atoms with Crippen molar-refractivity contribution in [2.45, 2.75) is 32.2 Å². The first-order chi connectivity index (χ1) is 19.2. The van der Waals surface area contributed by atoms with E-state index < -0.39 is 0 Å². The van der Waals surface area contributed by atoms with Crippen molar-refractivity contribution in [2.75, 3.05) is 10.6 Å². The van der Waals surface area contributed by atoms with Crippen LogP contribution in [-0.2, 0) is 4.79 Å². The highest BCUT2D eigenvalue weighted by Crippen LogP contribution is 2.50. The number of anilines is 2. The fourth-order valence-corrected chi connectivity index (χ4v) is 5.14. The topological polar surface area (TPSA) is 130 Å². The number of nitrogens with one attached hydrogen (secondary N) is 4. The van der Waals surface area contributed by atoms with Gasteiger partial charge in [-0.05, 0) is 36.8 Å². The first-order valence-electron chi connectivity index (χ1n) is 13.1. The fourth-order valence-electron chi connectivity index (χ4n) is 5.14. The first kappa shape index (κ1) is 23.1. The summed E-state index contributed by atoms with van der Waals surface area (Å²) in [6, 6.07) is 16.2. The predicted octanol–water partition coefficient (Wildman–Crippen LogP) is 5.65. The molecule has 1 unspecified atom stereocenters. The number of amides is 1. The van der Waals surface area contributed by atoms with Crippen molar-refractivity contribution in [3.63, 3.8) is 0 Å². The van der Waals surface area contributed by atoms with Crippen LogP contribution in [0.2, 0.25) is 0 Å². The molecule has 1 fully saturated rings. The van der Waals surface area contributed by atoms with Gasteiger partial charge in [0.1, 0.15) is 5.69 Å². The van der Waals surface area contributed by atoms with Crippen LogP contribution in [0.1, 0.15) is 43.5 Å². The van der Waals surface area contributed by atoms with E-state index in [1.54, 1.807) is 18.6 Å². The van der Waals surface area contributed by atoms with E-state index in [-0.39, 0.29) is 11.9 Å². The Morgan fingerprint density at radius 3 is 2.85 bits per heavy atom. The van der Waals surface area contributed by atoms with E-state index in [2.05, 4.69) is 60.2 Å². The molecule has 2 aliphatic rings. The molecule has 4 aromatic heterocycles. The van der Waals surface area contributed by atoms with Gasteiger partial charge in [0.2, 0.25) is 5.91 Å². The van der Waals surface area contributed by atoms with Crippen LogP contribution in [0, 0.1) is 0 Å². The van der Waals surface area contributed by atoms with E-state index in [4.69, 9.17) is 0 Å². The number of pyridine rings is 3. The number of benzene rings is 1. The minimum Gasteiger partial charge on any atom is -0.372 e. The van der Waals surface area contributed by atoms with E-state index in [0.717, 1.165) is 69.0 Å². The molecule has 2 aliphatic heterocycles.